The number of amides is 2. The highest BCUT2D eigenvalue weighted by Crippen LogP contribution is 2.31. The maximum absolute atomic E-state index is 13.9. The maximum atomic E-state index is 13.9. The number of oxazole rings is 1. The molecule has 0 saturated heterocycles. The Morgan fingerprint density at radius 3 is 2.36 bits per heavy atom. The van der Waals surface area contributed by atoms with Crippen molar-refractivity contribution in [3.05, 3.63) is 100 Å². The third kappa shape index (κ3) is 21.1. The molecule has 8 N–H and O–H groups in total. The fourth-order valence-corrected chi connectivity index (χ4v) is 9.95. The van der Waals surface area contributed by atoms with Gasteiger partial charge >= 0.3 is 0 Å². The second-order valence-electron chi connectivity index (χ2n) is 20.6. The summed E-state index contributed by atoms with van der Waals surface area (Å²) >= 11 is 0. The van der Waals surface area contributed by atoms with Crippen molar-refractivity contribution in [3.63, 3.8) is 0 Å². The van der Waals surface area contributed by atoms with E-state index in [-0.39, 0.29) is 67.6 Å². The van der Waals surface area contributed by atoms with Gasteiger partial charge in [0.25, 0.3) is 18.4 Å². The molecule has 86 heavy (non-hydrogen) atoms. The number of hydrogen-bond acceptors (Lipinski definition) is 24. The molecule has 3 aromatic heterocycles. The zero-order chi connectivity index (χ0) is 60.7. The number of carbonyl (C=O) groups is 4. The summed E-state index contributed by atoms with van der Waals surface area (Å²) in [5, 5.41) is 18.4. The number of rotatable bonds is 40. The Morgan fingerprint density at radius 2 is 1.64 bits per heavy atom. The first-order valence-electron chi connectivity index (χ1n) is 29.1. The van der Waals surface area contributed by atoms with E-state index in [1.807, 2.05) is 24.1 Å². The maximum Gasteiger partial charge on any atom is 0.293 e. The smallest absolute Gasteiger partial charge is 0.293 e. The van der Waals surface area contributed by atoms with Gasteiger partial charge in [-0.05, 0) is 99.5 Å². The Labute approximate surface area is 500 Å². The number of anilines is 4. The van der Waals surface area contributed by atoms with Gasteiger partial charge in [-0.25, -0.2) is 19.9 Å². The summed E-state index contributed by atoms with van der Waals surface area (Å²) in [6.45, 7) is 11.5. The molecule has 2 aromatic carbocycles. The summed E-state index contributed by atoms with van der Waals surface area (Å²) in [6, 6.07) is 11.3. The molecule has 1 aliphatic carbocycles. The lowest BCUT2D eigenvalue weighted by Crippen LogP contribution is -2.37. The van der Waals surface area contributed by atoms with E-state index in [0.29, 0.717) is 163 Å². The number of nitrogens with one attached hydrogen (secondary N) is 4. The van der Waals surface area contributed by atoms with E-state index in [0.717, 1.165) is 60.6 Å². The molecule has 26 nitrogen and oxygen atoms in total. The standard InChI is InChI=1S/C60H81N15O11/c1-64-16-19-74(60-69-35-44(36-70-60)34-67-53(78)15-22-80-23-24-81-25-26-82-27-28-83-29-30-84-49-9-4-42(5-10-49)6-11-50(14-21-76)85-41-77)20-17-66-38-48(37-65-2)58(79)75-18-13-45-31-43(3-7-47(45)39-75)33-68-57-54(56(62)71-40-72-57)55(61)46-8-12-52-51(32-46)73-59(63)86-52/h3,7-8,12,21,31-32,35-38,40-42,49-50,61,64H,2,4-6,9-11,13-20,22-30,33-34,39H2,1H3,(H2,63,73)(H,67,78)(H3,62,68,71,72)/b48-37+,61-55?,66-38-. The van der Waals surface area contributed by atoms with E-state index in [1.54, 1.807) is 41.7 Å². The molecule has 1 aliphatic heterocycles. The van der Waals surface area contributed by atoms with Crippen LogP contribution in [0.4, 0.5) is 23.6 Å². The average Bonchev–Trinajstić information content (AvgIpc) is 4.08. The summed E-state index contributed by atoms with van der Waals surface area (Å²) in [5.74, 6) is 1.27. The SMILES string of the molecule is C=N/C=C(\C=N/CCN(CCNC)c1ncc(CNC(=O)CCOCCOCCOCCOCCOC2CCC(CCC(CC=O)OC=O)CC2)cn1)C(=O)N1CCc2cc(CNc3ncnc(N)c3C(=N)c3ccc4oc(N)nc4c3)ccc2C1. The Balaban J connectivity index is 0.729. The van der Waals surface area contributed by atoms with Gasteiger partial charge in [-0.2, -0.15) is 4.98 Å². The second kappa shape index (κ2) is 36.0. The monoisotopic (exact) mass is 1190 g/mol. The number of nitrogens with two attached hydrogens (primary N) is 2. The van der Waals surface area contributed by atoms with Crippen molar-refractivity contribution in [2.75, 3.05) is 121 Å². The molecule has 7 rings (SSSR count). The zero-order valence-electron chi connectivity index (χ0n) is 49.0. The van der Waals surface area contributed by atoms with Crippen LogP contribution in [0.3, 0.4) is 0 Å². The Kier molecular flexibility index (Phi) is 27.4. The lowest BCUT2D eigenvalue weighted by atomic mass is 9.84. The molecule has 1 unspecified atom stereocenters. The van der Waals surface area contributed by atoms with Crippen LogP contribution < -0.4 is 32.3 Å². The first kappa shape index (κ1) is 65.4. The lowest BCUT2D eigenvalue weighted by molar-refractivity contribution is -0.135. The summed E-state index contributed by atoms with van der Waals surface area (Å²) in [6.07, 6.45) is 15.3. The Hall–Kier alpha value is -8.14. The summed E-state index contributed by atoms with van der Waals surface area (Å²) in [7, 11) is 1.87. The molecule has 1 saturated carbocycles. The van der Waals surface area contributed by atoms with E-state index in [2.05, 4.69) is 63.6 Å². The van der Waals surface area contributed by atoms with Gasteiger partial charge in [-0.3, -0.25) is 29.8 Å². The van der Waals surface area contributed by atoms with Gasteiger partial charge < -0.3 is 74.9 Å². The van der Waals surface area contributed by atoms with Crippen LogP contribution >= 0.6 is 0 Å². The molecule has 0 bridgehead atoms. The molecular formula is C60H81N15O11. The molecule has 1 atom stereocenters. The largest absolute Gasteiger partial charge is 0.464 e. The number of fused-ring (bicyclic) bond motifs is 2. The number of aliphatic imine (C=N–C) groups is 2. The van der Waals surface area contributed by atoms with Gasteiger partial charge in [-0.15, -0.1) is 0 Å². The summed E-state index contributed by atoms with van der Waals surface area (Å²) in [4.78, 5) is 82.0. The van der Waals surface area contributed by atoms with E-state index in [4.69, 9.17) is 49.7 Å². The molecule has 462 valence electrons. The quantitative estimate of drug-likeness (QED) is 0.0137. The van der Waals surface area contributed by atoms with Gasteiger partial charge in [0.05, 0.1) is 89.0 Å². The van der Waals surface area contributed by atoms with Crippen molar-refractivity contribution in [3.8, 4) is 0 Å². The third-order valence-corrected chi connectivity index (χ3v) is 14.6. The first-order chi connectivity index (χ1) is 42.0. The van der Waals surface area contributed by atoms with E-state index in [9.17, 15) is 19.2 Å². The highest BCUT2D eigenvalue weighted by molar-refractivity contribution is 6.17. The number of aldehydes is 1. The number of nitrogens with zero attached hydrogens (tertiary/aromatic N) is 9. The van der Waals surface area contributed by atoms with Crippen molar-refractivity contribution >= 4 is 77.9 Å². The van der Waals surface area contributed by atoms with Gasteiger partial charge in [0.15, 0.2) is 5.58 Å². The number of ether oxygens (including phenoxy) is 6. The first-order valence-corrected chi connectivity index (χ1v) is 29.1. The van der Waals surface area contributed by atoms with Crippen molar-refractivity contribution in [1.29, 1.82) is 5.41 Å². The molecule has 0 spiro atoms. The molecule has 0 radical (unpaired) electrons. The molecule has 2 amide bonds. The third-order valence-electron chi connectivity index (χ3n) is 14.6. The minimum atomic E-state index is -0.319. The van der Waals surface area contributed by atoms with E-state index >= 15 is 0 Å². The normalized spacial score (nSPS) is 15.5. The van der Waals surface area contributed by atoms with Gasteiger partial charge in [0.2, 0.25) is 11.9 Å². The van der Waals surface area contributed by atoms with E-state index < -0.39 is 0 Å². The minimum Gasteiger partial charge on any atom is -0.464 e. The van der Waals surface area contributed by atoms with Gasteiger partial charge in [0.1, 0.15) is 35.9 Å². The van der Waals surface area contributed by atoms with Crippen LogP contribution in [0.1, 0.15) is 84.7 Å². The summed E-state index contributed by atoms with van der Waals surface area (Å²) in [5.41, 5.74) is 18.3. The van der Waals surface area contributed by atoms with Crippen LogP contribution in [0, 0.1) is 11.3 Å². The van der Waals surface area contributed by atoms with Crippen LogP contribution in [0.15, 0.2) is 81.3 Å². The molecule has 26 heteroatoms. The Bertz CT molecular complexity index is 3020. The zero-order valence-corrected chi connectivity index (χ0v) is 49.0. The van der Waals surface area contributed by atoms with Crippen LogP contribution in [-0.4, -0.2) is 184 Å². The topological polar surface area (TPSA) is 344 Å². The number of hydrogen-bond donors (Lipinski definition) is 6. The predicted octanol–water partition coefficient (Wildman–Crippen LogP) is 4.43. The average molecular weight is 1190 g/mol. The van der Waals surface area contributed by atoms with Gasteiger partial charge in [-0.1, -0.05) is 18.2 Å². The van der Waals surface area contributed by atoms with Crippen molar-refractivity contribution in [2.24, 2.45) is 15.9 Å². The number of benzene rings is 2. The predicted molar refractivity (Wildman–Crippen MR) is 325 cm³/mol. The van der Waals surface area contributed by atoms with E-state index in [1.165, 1.54) is 12.5 Å². The molecule has 1 fully saturated rings. The van der Waals surface area contributed by atoms with Crippen molar-refractivity contribution in [2.45, 2.75) is 89.6 Å². The van der Waals surface area contributed by atoms with Crippen LogP contribution in [0.5, 0.6) is 0 Å². The van der Waals surface area contributed by atoms with Crippen molar-refractivity contribution in [1.82, 2.24) is 40.5 Å². The highest BCUT2D eigenvalue weighted by atomic mass is 16.6. The number of nitrogen functional groups attached to an aromatic ring is 2. The molecular weight excluding hydrogens is 1110 g/mol. The fraction of sp³-hybridized carbons (Fsp3) is 0.500. The van der Waals surface area contributed by atoms with Gasteiger partial charge in [0, 0.05) is 94.6 Å². The number of likely N-dealkylation sites (N-methyl/N-ethyl adjacent to an activating group) is 1. The molecule has 2 aliphatic rings. The van der Waals surface area contributed by atoms with Crippen LogP contribution in [-0.2, 0) is 73.7 Å². The highest BCUT2D eigenvalue weighted by Gasteiger charge is 2.25. The number of carbonyl (C=O) groups excluding carboxylic acids is 4. The summed E-state index contributed by atoms with van der Waals surface area (Å²) < 4.78 is 38.8. The number of aromatic nitrogens is 5. The minimum absolute atomic E-state index is 0.0402. The molecule has 4 heterocycles. The van der Waals surface area contributed by atoms with Crippen molar-refractivity contribution < 1.29 is 52.0 Å². The fourth-order valence-electron chi connectivity index (χ4n) is 9.95. The molecule has 5 aromatic rings. The van der Waals surface area contributed by atoms with Crippen LogP contribution in [0.25, 0.3) is 11.1 Å². The lowest BCUT2D eigenvalue weighted by Gasteiger charge is -2.29. The van der Waals surface area contributed by atoms with Crippen LogP contribution in [0.2, 0.25) is 0 Å². The second-order valence-corrected chi connectivity index (χ2v) is 20.6. The Morgan fingerprint density at radius 1 is 0.895 bits per heavy atom.